The van der Waals surface area contributed by atoms with Gasteiger partial charge in [-0.15, -0.1) is 0 Å². The van der Waals surface area contributed by atoms with E-state index >= 15 is 0 Å². The van der Waals surface area contributed by atoms with E-state index < -0.39 is 6.03 Å². The van der Waals surface area contributed by atoms with Gasteiger partial charge in [-0.05, 0) is 36.4 Å². The number of nitrogens with one attached hydrogen (secondary N) is 1. The van der Waals surface area contributed by atoms with Gasteiger partial charge in [-0.2, -0.15) is 5.10 Å². The number of nitrogens with zero attached hydrogens (tertiary/aromatic N) is 4. The largest absolute Gasteiger partial charge is 0.494 e. The van der Waals surface area contributed by atoms with Crippen molar-refractivity contribution in [2.24, 2.45) is 0 Å². The number of aromatic nitrogens is 3. The Hall–Kier alpha value is -3.68. The summed E-state index contributed by atoms with van der Waals surface area (Å²) in [6.45, 7) is 0.0234. The van der Waals surface area contributed by atoms with E-state index in [-0.39, 0.29) is 12.5 Å². The zero-order chi connectivity index (χ0) is 18.1. The van der Waals surface area contributed by atoms with E-state index in [1.807, 2.05) is 36.4 Å². The van der Waals surface area contributed by atoms with Crippen LogP contribution in [0.5, 0.6) is 5.75 Å². The standard InChI is InChI=1S/C18H15N5O3/c1-26-15-5-3-2-4-14(15)23-17(19-11-20-23)12-6-8-13(9-7-12)22-10-16(24)21-18(22)25/h2-9,11H,10H2,1H3,(H,21,24,25). The van der Waals surface area contributed by atoms with Crippen molar-refractivity contribution in [3.05, 3.63) is 54.9 Å². The second-order valence-electron chi connectivity index (χ2n) is 5.65. The number of amides is 3. The Morgan fingerprint density at radius 3 is 2.54 bits per heavy atom. The zero-order valence-corrected chi connectivity index (χ0v) is 13.9. The molecule has 0 bridgehead atoms. The van der Waals surface area contributed by atoms with Crippen LogP contribution in [0, 0.1) is 0 Å². The highest BCUT2D eigenvalue weighted by Crippen LogP contribution is 2.28. The molecule has 1 fully saturated rings. The van der Waals surface area contributed by atoms with Gasteiger partial charge in [-0.1, -0.05) is 12.1 Å². The highest BCUT2D eigenvalue weighted by atomic mass is 16.5. The van der Waals surface area contributed by atoms with Crippen LogP contribution < -0.4 is 15.0 Å². The zero-order valence-electron chi connectivity index (χ0n) is 13.9. The fraction of sp³-hybridized carbons (Fsp3) is 0.111. The number of urea groups is 1. The van der Waals surface area contributed by atoms with Crippen molar-refractivity contribution in [3.8, 4) is 22.8 Å². The van der Waals surface area contributed by atoms with Crippen LogP contribution in [0.2, 0.25) is 0 Å². The van der Waals surface area contributed by atoms with E-state index in [1.54, 1.807) is 23.9 Å². The first-order valence-electron chi connectivity index (χ1n) is 7.92. The van der Waals surface area contributed by atoms with Crippen LogP contribution in [-0.2, 0) is 4.79 Å². The third-order valence-corrected chi connectivity index (χ3v) is 4.09. The van der Waals surface area contributed by atoms with Crippen molar-refractivity contribution in [1.82, 2.24) is 20.1 Å². The molecule has 0 spiro atoms. The van der Waals surface area contributed by atoms with E-state index in [0.29, 0.717) is 17.3 Å². The normalized spacial score (nSPS) is 13.8. The average molecular weight is 349 g/mol. The molecule has 8 heteroatoms. The summed E-state index contributed by atoms with van der Waals surface area (Å²) < 4.78 is 7.09. The topological polar surface area (TPSA) is 89.3 Å². The Morgan fingerprint density at radius 1 is 1.08 bits per heavy atom. The van der Waals surface area contributed by atoms with Gasteiger partial charge in [-0.25, -0.2) is 14.5 Å². The molecule has 1 saturated heterocycles. The van der Waals surface area contributed by atoms with Gasteiger partial charge in [-0.3, -0.25) is 15.0 Å². The van der Waals surface area contributed by atoms with Crippen molar-refractivity contribution in [2.75, 3.05) is 18.6 Å². The molecule has 1 aromatic heterocycles. The van der Waals surface area contributed by atoms with Crippen molar-refractivity contribution >= 4 is 17.6 Å². The smallest absolute Gasteiger partial charge is 0.329 e. The van der Waals surface area contributed by atoms with Crippen molar-refractivity contribution in [3.63, 3.8) is 0 Å². The molecule has 8 nitrogen and oxygen atoms in total. The molecule has 0 unspecified atom stereocenters. The third-order valence-electron chi connectivity index (χ3n) is 4.09. The number of anilines is 1. The Bertz CT molecular complexity index is 981. The molecular formula is C18H15N5O3. The summed E-state index contributed by atoms with van der Waals surface area (Å²) in [6.07, 6.45) is 1.47. The lowest BCUT2D eigenvalue weighted by molar-refractivity contribution is -0.117. The Morgan fingerprint density at radius 2 is 1.85 bits per heavy atom. The first-order chi connectivity index (χ1) is 12.7. The number of para-hydroxylation sites is 2. The van der Waals surface area contributed by atoms with Gasteiger partial charge in [0.15, 0.2) is 5.82 Å². The number of benzene rings is 2. The fourth-order valence-corrected chi connectivity index (χ4v) is 2.86. The van der Waals surface area contributed by atoms with Gasteiger partial charge in [0.05, 0.1) is 7.11 Å². The Labute approximate surface area is 149 Å². The van der Waals surface area contributed by atoms with Gasteiger partial charge >= 0.3 is 6.03 Å². The number of carbonyl (C=O) groups excluding carboxylic acids is 2. The average Bonchev–Trinajstić information content (AvgIpc) is 3.28. The molecule has 0 saturated carbocycles. The maximum Gasteiger partial charge on any atom is 0.329 e. The Balaban J connectivity index is 1.69. The summed E-state index contributed by atoms with van der Waals surface area (Å²) in [5, 5.41) is 6.56. The number of carbonyl (C=O) groups is 2. The number of methoxy groups -OCH3 is 1. The van der Waals surface area contributed by atoms with Gasteiger partial charge in [0.1, 0.15) is 24.3 Å². The number of imide groups is 1. The maximum absolute atomic E-state index is 11.8. The van der Waals surface area contributed by atoms with Gasteiger partial charge in [0.25, 0.3) is 0 Å². The minimum absolute atomic E-state index is 0.0234. The molecule has 2 aromatic carbocycles. The van der Waals surface area contributed by atoms with Crippen LogP contribution in [0.1, 0.15) is 0 Å². The summed E-state index contributed by atoms with van der Waals surface area (Å²) in [4.78, 5) is 28.8. The molecule has 1 aliphatic heterocycles. The molecule has 130 valence electrons. The lowest BCUT2D eigenvalue weighted by atomic mass is 10.1. The van der Waals surface area contributed by atoms with E-state index in [4.69, 9.17) is 4.74 Å². The summed E-state index contributed by atoms with van der Waals surface area (Å²) in [5.74, 6) is 1.01. The molecule has 2 heterocycles. The molecule has 0 atom stereocenters. The van der Waals surface area contributed by atoms with Gasteiger partial charge < -0.3 is 4.74 Å². The summed E-state index contributed by atoms with van der Waals surface area (Å²) in [5.41, 5.74) is 2.24. The fourth-order valence-electron chi connectivity index (χ4n) is 2.86. The lowest BCUT2D eigenvalue weighted by Crippen LogP contribution is -2.27. The van der Waals surface area contributed by atoms with Crippen LogP contribution in [0.15, 0.2) is 54.9 Å². The lowest BCUT2D eigenvalue weighted by Gasteiger charge is -2.14. The second-order valence-corrected chi connectivity index (χ2v) is 5.65. The summed E-state index contributed by atoms with van der Waals surface area (Å²) in [7, 11) is 1.60. The molecule has 4 rings (SSSR count). The molecule has 26 heavy (non-hydrogen) atoms. The molecule has 1 N–H and O–H groups in total. The summed E-state index contributed by atoms with van der Waals surface area (Å²) in [6, 6.07) is 14.3. The number of rotatable bonds is 4. The number of hydrogen-bond donors (Lipinski definition) is 1. The van der Waals surface area contributed by atoms with Gasteiger partial charge in [0.2, 0.25) is 5.91 Å². The molecule has 0 radical (unpaired) electrons. The second kappa shape index (κ2) is 6.32. The number of hydrogen-bond acceptors (Lipinski definition) is 5. The summed E-state index contributed by atoms with van der Waals surface area (Å²) >= 11 is 0. The van der Waals surface area contributed by atoms with Crippen LogP contribution in [-0.4, -0.2) is 40.4 Å². The van der Waals surface area contributed by atoms with E-state index in [1.165, 1.54) is 11.2 Å². The molecule has 1 aliphatic rings. The van der Waals surface area contributed by atoms with Crippen molar-refractivity contribution in [2.45, 2.75) is 0 Å². The maximum atomic E-state index is 11.8. The molecule has 3 amide bonds. The van der Waals surface area contributed by atoms with Gasteiger partial charge in [0, 0.05) is 11.3 Å². The van der Waals surface area contributed by atoms with Crippen LogP contribution in [0.4, 0.5) is 10.5 Å². The molecule has 3 aromatic rings. The number of ether oxygens (including phenoxy) is 1. The van der Waals surface area contributed by atoms with E-state index in [0.717, 1.165) is 11.3 Å². The first-order valence-corrected chi connectivity index (χ1v) is 7.92. The Kier molecular flexibility index (Phi) is 3.85. The van der Waals surface area contributed by atoms with E-state index in [2.05, 4.69) is 15.4 Å². The van der Waals surface area contributed by atoms with E-state index in [9.17, 15) is 9.59 Å². The first kappa shape index (κ1) is 15.8. The SMILES string of the molecule is COc1ccccc1-n1ncnc1-c1ccc(N2CC(=O)NC2=O)cc1. The quantitative estimate of drug-likeness (QED) is 0.728. The highest BCUT2D eigenvalue weighted by Gasteiger charge is 2.27. The minimum Gasteiger partial charge on any atom is -0.494 e. The monoisotopic (exact) mass is 349 g/mol. The predicted octanol–water partition coefficient (Wildman–Crippen LogP) is 2.00. The molecular weight excluding hydrogens is 334 g/mol. The van der Waals surface area contributed by atoms with Crippen molar-refractivity contribution in [1.29, 1.82) is 0 Å². The highest BCUT2D eigenvalue weighted by molar-refractivity contribution is 6.12. The van der Waals surface area contributed by atoms with Crippen LogP contribution in [0.3, 0.4) is 0 Å². The minimum atomic E-state index is -0.417. The predicted molar refractivity (Wildman–Crippen MR) is 94.2 cm³/mol. The van der Waals surface area contributed by atoms with Crippen molar-refractivity contribution < 1.29 is 14.3 Å². The third kappa shape index (κ3) is 2.67. The molecule has 0 aliphatic carbocycles. The van der Waals surface area contributed by atoms with Crippen LogP contribution in [0.25, 0.3) is 17.1 Å². The van der Waals surface area contributed by atoms with Crippen LogP contribution >= 0.6 is 0 Å².